The molecule has 0 saturated carbocycles. The second-order valence-electron chi connectivity index (χ2n) is 9.24. The van der Waals surface area contributed by atoms with Gasteiger partial charge in [-0.05, 0) is 42.8 Å². The van der Waals surface area contributed by atoms with E-state index >= 15 is 0 Å². The monoisotopic (exact) mass is 580 g/mol. The quantitative estimate of drug-likeness (QED) is 0.307. The smallest absolute Gasteiger partial charge is 0.368 e. The van der Waals surface area contributed by atoms with E-state index in [9.17, 15) is 31.1 Å². The van der Waals surface area contributed by atoms with Gasteiger partial charge in [-0.1, -0.05) is 12.1 Å². The summed E-state index contributed by atoms with van der Waals surface area (Å²) >= 11 is -2.42. The van der Waals surface area contributed by atoms with Crippen molar-refractivity contribution in [1.29, 1.82) is 0 Å². The predicted octanol–water partition coefficient (Wildman–Crippen LogP) is 3.95. The molecule has 2 aromatic heterocycles. The molecule has 9 nitrogen and oxygen atoms in total. The summed E-state index contributed by atoms with van der Waals surface area (Å²) in [5.41, 5.74) is 0.579. The van der Waals surface area contributed by atoms with E-state index in [2.05, 4.69) is 20.2 Å². The zero-order valence-corrected chi connectivity index (χ0v) is 22.5. The first-order valence-corrected chi connectivity index (χ1v) is 13.4. The summed E-state index contributed by atoms with van der Waals surface area (Å²) in [6.07, 6.45) is -1.27. The van der Waals surface area contributed by atoms with E-state index in [0.717, 1.165) is 22.1 Å². The number of piperazine rings is 1. The highest BCUT2D eigenvalue weighted by molar-refractivity contribution is 7.80. The minimum Gasteiger partial charge on any atom is -0.368 e. The van der Waals surface area contributed by atoms with Crippen molar-refractivity contribution in [3.63, 3.8) is 0 Å². The second kappa shape index (κ2) is 12.2. The Morgan fingerprint density at radius 3 is 2.35 bits per heavy atom. The van der Waals surface area contributed by atoms with Crippen molar-refractivity contribution >= 4 is 34.4 Å². The fourth-order valence-corrected chi connectivity index (χ4v) is 4.71. The lowest BCUT2D eigenvalue weighted by Gasteiger charge is -2.37. The number of benzene rings is 1. The van der Waals surface area contributed by atoms with Crippen LogP contribution < -0.4 is 19.4 Å². The summed E-state index contributed by atoms with van der Waals surface area (Å²) in [6.45, 7) is 3.44. The number of halogens is 4. The molecule has 1 fully saturated rings. The maximum absolute atomic E-state index is 14.5. The second-order valence-corrected chi connectivity index (χ2v) is 10.2. The van der Waals surface area contributed by atoms with Gasteiger partial charge < -0.3 is 15.1 Å². The number of aromatic nitrogens is 2. The van der Waals surface area contributed by atoms with Crippen LogP contribution in [-0.4, -0.2) is 57.9 Å². The van der Waals surface area contributed by atoms with Crippen molar-refractivity contribution in [1.82, 2.24) is 15.3 Å². The number of amides is 1. The van der Waals surface area contributed by atoms with Gasteiger partial charge in [0.1, 0.15) is 17.3 Å². The Bertz CT molecular complexity index is 1370. The summed E-state index contributed by atoms with van der Waals surface area (Å²) in [4.78, 5) is 24.7. The lowest BCUT2D eigenvalue weighted by atomic mass is 9.99. The van der Waals surface area contributed by atoms with Gasteiger partial charge in [0.2, 0.25) is 5.91 Å². The topological polar surface area (TPSA) is 102 Å². The molecule has 0 bridgehead atoms. The van der Waals surface area contributed by atoms with Crippen LogP contribution in [0.25, 0.3) is 0 Å². The molecule has 214 valence electrons. The SMILES string of the molecule is CC(C(=O)NCc1ccc(C(F)(F)F)nc1N1CCN(c2ccncc2)CC1)c1ccc(N(C)S(=O)O)c(F)c1. The van der Waals surface area contributed by atoms with Gasteiger partial charge in [-0.25, -0.2) is 13.6 Å². The number of rotatable bonds is 8. The standard InChI is InChI=1S/C26H28F4N6O3S/c1-17(18-3-5-22(21(27)15-18)34(2)40(38)39)25(37)32-16-19-4-6-23(26(28,29)30)33-24(19)36-13-11-35(12-14-36)20-7-9-31-10-8-20/h3-10,15,17H,11-14,16H2,1-2H3,(H,32,37)(H,38,39). The maximum atomic E-state index is 14.5. The van der Waals surface area contributed by atoms with Crippen molar-refractivity contribution in [2.45, 2.75) is 25.6 Å². The van der Waals surface area contributed by atoms with Crippen LogP contribution in [0, 0.1) is 5.82 Å². The number of carbonyl (C=O) groups is 1. The third-order valence-electron chi connectivity index (χ3n) is 6.75. The van der Waals surface area contributed by atoms with Crippen LogP contribution >= 0.6 is 0 Å². The number of hydrogen-bond acceptors (Lipinski definition) is 6. The summed E-state index contributed by atoms with van der Waals surface area (Å²) in [5.74, 6) is -1.90. The molecule has 1 aliphatic heterocycles. The molecule has 1 aliphatic rings. The third-order valence-corrected chi connectivity index (χ3v) is 7.41. The molecule has 0 radical (unpaired) electrons. The minimum absolute atomic E-state index is 0.0823. The number of pyridine rings is 2. The fraction of sp³-hybridized carbons (Fsp3) is 0.346. The predicted molar refractivity (Wildman–Crippen MR) is 144 cm³/mol. The van der Waals surface area contributed by atoms with Crippen molar-refractivity contribution in [2.75, 3.05) is 47.3 Å². The first kappa shape index (κ1) is 29.2. The normalized spacial score (nSPS) is 15.5. The average Bonchev–Trinajstić information content (AvgIpc) is 2.95. The molecule has 40 heavy (non-hydrogen) atoms. The largest absolute Gasteiger partial charge is 0.433 e. The van der Waals surface area contributed by atoms with E-state index in [0.29, 0.717) is 37.3 Å². The number of carbonyl (C=O) groups excluding carboxylic acids is 1. The van der Waals surface area contributed by atoms with Gasteiger partial charge in [0.15, 0.2) is 0 Å². The van der Waals surface area contributed by atoms with E-state index in [-0.39, 0.29) is 18.1 Å². The highest BCUT2D eigenvalue weighted by Gasteiger charge is 2.34. The molecule has 4 rings (SSSR count). The van der Waals surface area contributed by atoms with Crippen LogP contribution in [0.5, 0.6) is 0 Å². The molecule has 0 aliphatic carbocycles. The minimum atomic E-state index is -4.63. The molecule has 14 heteroatoms. The van der Waals surface area contributed by atoms with E-state index in [1.807, 2.05) is 12.1 Å². The van der Waals surface area contributed by atoms with Crippen LogP contribution in [0.2, 0.25) is 0 Å². The van der Waals surface area contributed by atoms with Crippen molar-refractivity contribution in [3.05, 3.63) is 77.5 Å². The molecule has 2 N–H and O–H groups in total. The highest BCUT2D eigenvalue weighted by Crippen LogP contribution is 2.32. The van der Waals surface area contributed by atoms with Gasteiger partial charge in [0, 0.05) is 63.4 Å². The van der Waals surface area contributed by atoms with E-state index < -0.39 is 40.8 Å². The molecule has 2 atom stereocenters. The lowest BCUT2D eigenvalue weighted by Crippen LogP contribution is -2.47. The van der Waals surface area contributed by atoms with Crippen LogP contribution in [0.1, 0.15) is 29.7 Å². The van der Waals surface area contributed by atoms with Crippen LogP contribution in [0.15, 0.2) is 54.9 Å². The van der Waals surface area contributed by atoms with Gasteiger partial charge in [0.25, 0.3) is 11.3 Å². The first-order valence-electron chi connectivity index (χ1n) is 12.3. The summed E-state index contributed by atoms with van der Waals surface area (Å²) in [7, 11) is 1.25. The number of alkyl halides is 3. The Morgan fingerprint density at radius 2 is 1.75 bits per heavy atom. The fourth-order valence-electron chi connectivity index (χ4n) is 4.40. The Labute approximate surface area is 231 Å². The molecular weight excluding hydrogens is 552 g/mol. The molecule has 3 heterocycles. The zero-order valence-electron chi connectivity index (χ0n) is 21.7. The average molecular weight is 581 g/mol. The summed E-state index contributed by atoms with van der Waals surface area (Å²) in [5, 5.41) is 2.72. The van der Waals surface area contributed by atoms with Gasteiger partial charge in [-0.3, -0.25) is 18.6 Å². The molecule has 2 unspecified atom stereocenters. The molecular formula is C26H28F4N6O3S. The molecule has 3 aromatic rings. The van der Waals surface area contributed by atoms with Crippen LogP contribution in [-0.2, 0) is 28.8 Å². The number of hydrogen-bond donors (Lipinski definition) is 2. The van der Waals surface area contributed by atoms with E-state index in [4.69, 9.17) is 0 Å². The Hall–Kier alpha value is -3.78. The van der Waals surface area contributed by atoms with Crippen molar-refractivity contribution in [2.24, 2.45) is 0 Å². The maximum Gasteiger partial charge on any atom is 0.433 e. The van der Waals surface area contributed by atoms with Gasteiger partial charge in [0.05, 0.1) is 11.6 Å². The third kappa shape index (κ3) is 6.67. The van der Waals surface area contributed by atoms with Crippen molar-refractivity contribution in [3.8, 4) is 0 Å². The van der Waals surface area contributed by atoms with E-state index in [1.165, 1.54) is 25.2 Å². The number of nitrogens with one attached hydrogen (secondary N) is 1. The molecule has 1 amide bonds. The lowest BCUT2D eigenvalue weighted by molar-refractivity contribution is -0.141. The molecule has 0 spiro atoms. The summed E-state index contributed by atoms with van der Waals surface area (Å²) in [6, 6.07) is 9.81. The van der Waals surface area contributed by atoms with Crippen LogP contribution in [0.4, 0.5) is 34.8 Å². The zero-order chi connectivity index (χ0) is 29.0. The number of nitrogens with zero attached hydrogens (tertiary/aromatic N) is 5. The Morgan fingerprint density at radius 1 is 1.10 bits per heavy atom. The Kier molecular flexibility index (Phi) is 8.88. The van der Waals surface area contributed by atoms with Crippen LogP contribution in [0.3, 0.4) is 0 Å². The van der Waals surface area contributed by atoms with E-state index in [1.54, 1.807) is 24.2 Å². The molecule has 1 aromatic carbocycles. The van der Waals surface area contributed by atoms with Gasteiger partial charge in [-0.15, -0.1) is 0 Å². The number of anilines is 3. The Balaban J connectivity index is 1.48. The highest BCUT2D eigenvalue weighted by atomic mass is 32.2. The summed E-state index contributed by atoms with van der Waals surface area (Å²) < 4.78 is 76.2. The first-order chi connectivity index (χ1) is 19.0. The van der Waals surface area contributed by atoms with Gasteiger partial charge in [-0.2, -0.15) is 13.2 Å². The molecule has 1 saturated heterocycles. The van der Waals surface area contributed by atoms with Crippen molar-refractivity contribution < 1.29 is 31.1 Å². The van der Waals surface area contributed by atoms with Gasteiger partial charge >= 0.3 is 6.18 Å².